The molecule has 5 aromatic rings. The van der Waals surface area contributed by atoms with E-state index in [2.05, 4.69) is 41.3 Å². The molecule has 0 saturated carbocycles. The molecule has 4 heterocycles. The van der Waals surface area contributed by atoms with E-state index in [0.29, 0.717) is 45.3 Å². The summed E-state index contributed by atoms with van der Waals surface area (Å²) in [6.45, 7) is 10.1. The number of hydrogen-bond donors (Lipinski definition) is 5. The van der Waals surface area contributed by atoms with Crippen LogP contribution in [0.2, 0.25) is 5.02 Å². The van der Waals surface area contributed by atoms with E-state index in [0.717, 1.165) is 33.8 Å². The van der Waals surface area contributed by atoms with Gasteiger partial charge in [0.15, 0.2) is 17.4 Å². The third-order valence-corrected chi connectivity index (χ3v) is 12.8. The number of aryl methyl sites for hydroxylation is 2. The largest absolute Gasteiger partial charge is 0.488 e. The second-order valence-electron chi connectivity index (χ2n) is 18.6. The van der Waals surface area contributed by atoms with Crippen molar-refractivity contribution in [2.24, 2.45) is 12.5 Å². The summed E-state index contributed by atoms with van der Waals surface area (Å²) in [6, 6.07) is 7.96. The number of hydrogen-bond acceptors (Lipinski definition) is 18. The number of aliphatic hydroxyl groups excluding tert-OH is 1. The summed E-state index contributed by atoms with van der Waals surface area (Å²) in [5.41, 5.74) is 4.62. The topological polar surface area (TPSA) is 244 Å². The lowest BCUT2D eigenvalue weighted by Crippen LogP contribution is -2.58. The molecule has 1 aliphatic heterocycles. The number of anilines is 3. The highest BCUT2D eigenvalue weighted by Gasteiger charge is 2.44. The highest BCUT2D eigenvalue weighted by atomic mass is 35.5. The van der Waals surface area contributed by atoms with Crippen LogP contribution in [0.1, 0.15) is 44.0 Å². The summed E-state index contributed by atoms with van der Waals surface area (Å²) in [7, 11) is 1.77. The van der Waals surface area contributed by atoms with Crippen LogP contribution >= 0.6 is 22.9 Å². The van der Waals surface area contributed by atoms with E-state index in [1.165, 1.54) is 11.1 Å². The number of rotatable bonds is 32. The average molecular weight is 1100 g/mol. The number of halogens is 3. The van der Waals surface area contributed by atoms with E-state index in [1.54, 1.807) is 41.0 Å². The van der Waals surface area contributed by atoms with Gasteiger partial charge in [0.1, 0.15) is 36.1 Å². The van der Waals surface area contributed by atoms with Crippen LogP contribution < -0.4 is 26.0 Å². The first-order valence-corrected chi connectivity index (χ1v) is 26.0. The van der Waals surface area contributed by atoms with E-state index in [4.69, 9.17) is 44.8 Å². The van der Waals surface area contributed by atoms with Crippen LogP contribution in [0.15, 0.2) is 60.5 Å². The lowest BCUT2D eigenvalue weighted by Gasteiger charge is -2.35. The molecule has 0 bridgehead atoms. The first-order valence-electron chi connectivity index (χ1n) is 24.7. The second kappa shape index (κ2) is 30.1. The van der Waals surface area contributed by atoms with Crippen LogP contribution in [-0.4, -0.2) is 163 Å². The first kappa shape index (κ1) is 59.3. The number of aromatic nitrogens is 5. The molecule has 1 saturated heterocycles. The monoisotopic (exact) mass is 1100 g/mol. The summed E-state index contributed by atoms with van der Waals surface area (Å²) in [5, 5.41) is 26.4. The van der Waals surface area contributed by atoms with Gasteiger partial charge in [0, 0.05) is 50.9 Å². The van der Waals surface area contributed by atoms with Crippen molar-refractivity contribution in [1.82, 2.24) is 40.3 Å². The first-order chi connectivity index (χ1) is 36.5. The minimum Gasteiger partial charge on any atom is -0.488 e. The van der Waals surface area contributed by atoms with Crippen LogP contribution in [0.3, 0.4) is 0 Å². The molecule has 1 aliphatic rings. The van der Waals surface area contributed by atoms with Crippen LogP contribution in [-0.2, 0) is 62.9 Å². The molecule has 0 unspecified atom stereocenters. The number of likely N-dealkylation sites (tertiary alicyclic amines) is 1. The SMILES string of the molecule is Cc1ncsc1-c1ccc(CNC(=O)[C@@H]2C[C@@H](O)CN2C(=O)[C@@H](NC(=O)COCCOCCOCCOCCOCCOCCOc2cc(F)cc(CNc3nc(Nc4cnn(C)c4)ncc3Cl)c2F)C(C)(C)C)cc1. The van der Waals surface area contributed by atoms with Gasteiger partial charge >= 0.3 is 0 Å². The number of carbonyl (C=O) groups excluding carboxylic acids is 3. The lowest BCUT2D eigenvalue weighted by atomic mass is 9.85. The van der Waals surface area contributed by atoms with Crippen LogP contribution in [0.5, 0.6) is 5.75 Å². The highest BCUT2D eigenvalue weighted by Crippen LogP contribution is 2.30. The molecular weight excluding hydrogens is 1030 g/mol. The molecule has 6 rings (SSSR count). The van der Waals surface area contributed by atoms with Crippen molar-refractivity contribution in [2.75, 3.05) is 103 Å². The van der Waals surface area contributed by atoms with Gasteiger partial charge in [0.2, 0.25) is 23.7 Å². The molecule has 1 fully saturated rings. The third kappa shape index (κ3) is 18.9. The Hall–Kier alpha value is -5.96. The predicted octanol–water partition coefficient (Wildman–Crippen LogP) is 5.22. The van der Waals surface area contributed by atoms with Crippen molar-refractivity contribution < 1.29 is 61.4 Å². The van der Waals surface area contributed by atoms with Gasteiger partial charge in [-0.3, -0.25) is 19.1 Å². The fourth-order valence-corrected chi connectivity index (χ4v) is 8.62. The van der Waals surface area contributed by atoms with E-state index in [1.807, 2.05) is 52.0 Å². The van der Waals surface area contributed by atoms with E-state index in [9.17, 15) is 23.9 Å². The molecule has 0 spiro atoms. The minimum absolute atomic E-state index is 0.00528. The maximum absolute atomic E-state index is 15.2. The molecule has 5 N–H and O–H groups in total. The number of amides is 3. The van der Waals surface area contributed by atoms with Gasteiger partial charge in [-0.15, -0.1) is 11.3 Å². The fourth-order valence-electron chi connectivity index (χ4n) is 7.66. The summed E-state index contributed by atoms with van der Waals surface area (Å²) < 4.78 is 69.8. The van der Waals surface area contributed by atoms with E-state index >= 15 is 4.39 Å². The highest BCUT2D eigenvalue weighted by molar-refractivity contribution is 7.13. The smallest absolute Gasteiger partial charge is 0.246 e. The molecule has 25 heteroatoms. The molecule has 76 heavy (non-hydrogen) atoms. The molecule has 3 amide bonds. The maximum atomic E-state index is 15.2. The Balaban J connectivity index is 0.745. The van der Waals surface area contributed by atoms with Crippen molar-refractivity contribution >= 4 is 58.1 Å². The molecule has 2 aromatic carbocycles. The number of benzene rings is 2. The van der Waals surface area contributed by atoms with Crippen LogP contribution in [0.25, 0.3) is 10.4 Å². The Morgan fingerprint density at radius 3 is 2.09 bits per heavy atom. The Morgan fingerprint density at radius 2 is 1.50 bits per heavy atom. The average Bonchev–Trinajstić information content (AvgIpc) is 4.14. The third-order valence-electron chi connectivity index (χ3n) is 11.5. The number of nitrogens with zero attached hydrogens (tertiary/aromatic N) is 6. The Labute approximate surface area is 449 Å². The van der Waals surface area contributed by atoms with Gasteiger partial charge in [0.05, 0.1) is 113 Å². The van der Waals surface area contributed by atoms with Crippen molar-refractivity contribution in [1.29, 1.82) is 0 Å². The zero-order valence-electron chi connectivity index (χ0n) is 43.3. The molecule has 21 nitrogen and oxygen atoms in total. The van der Waals surface area contributed by atoms with E-state index in [-0.39, 0.29) is 106 Å². The Bertz CT molecular complexity index is 2630. The maximum Gasteiger partial charge on any atom is 0.246 e. The van der Waals surface area contributed by atoms with Gasteiger partial charge in [-0.2, -0.15) is 10.1 Å². The van der Waals surface area contributed by atoms with Crippen LogP contribution in [0.4, 0.5) is 26.2 Å². The molecule has 414 valence electrons. The van der Waals surface area contributed by atoms with Crippen LogP contribution in [0, 0.1) is 24.0 Å². The number of ether oxygens (including phenoxy) is 7. The van der Waals surface area contributed by atoms with E-state index < -0.39 is 47.1 Å². The Morgan fingerprint density at radius 1 is 0.868 bits per heavy atom. The number of carbonyl (C=O) groups is 3. The summed E-state index contributed by atoms with van der Waals surface area (Å²) in [5.74, 6) is -2.58. The van der Waals surface area contributed by atoms with Gasteiger partial charge < -0.3 is 64.4 Å². The zero-order chi connectivity index (χ0) is 54.5. The van der Waals surface area contributed by atoms with Crippen molar-refractivity contribution in [3.05, 3.63) is 94.0 Å². The minimum atomic E-state index is -0.983. The van der Waals surface area contributed by atoms with Crippen molar-refractivity contribution in [3.8, 4) is 16.2 Å². The number of β-amino-alcohol motifs (C(OH)–C–C–N with tert-alkyl or cyclic N) is 1. The summed E-state index contributed by atoms with van der Waals surface area (Å²) in [4.78, 5) is 55.4. The van der Waals surface area contributed by atoms with Gasteiger partial charge in [-0.1, -0.05) is 56.6 Å². The Kier molecular flexibility index (Phi) is 23.5. The lowest BCUT2D eigenvalue weighted by molar-refractivity contribution is -0.144. The molecule has 3 aromatic heterocycles. The summed E-state index contributed by atoms with van der Waals surface area (Å²) >= 11 is 7.80. The molecular formula is C51H67ClF2N10O11S. The summed E-state index contributed by atoms with van der Waals surface area (Å²) in [6.07, 6.45) is 3.91. The quantitative estimate of drug-likeness (QED) is 0.0347. The normalized spacial score (nSPS) is 14.9. The second-order valence-corrected chi connectivity index (χ2v) is 19.8. The molecule has 0 aliphatic carbocycles. The van der Waals surface area contributed by atoms with Crippen molar-refractivity contribution in [2.45, 2.75) is 65.4 Å². The standard InChI is InChI=1S/C51H67ClF2N10O11S/c1-33-45(76-32-58-33)35-8-6-34(7-9-35)25-56-48(67)41-24-39(65)30-64(41)49(68)46(51(2,3)4)61-43(66)31-74-19-18-72-15-14-70-11-10-69-12-13-71-16-17-73-20-21-75-42-23-37(53)22-36(44(42)54)26-55-47-40(52)28-57-50(62-47)60-38-27-59-63(5)29-38/h6-9,22-23,27-29,32,39,41,46,65H,10-21,24-26,30-31H2,1-5H3,(H,56,67)(H,61,66)(H2,55,57,60,62)/t39-,41+,46-/m1/s1. The van der Waals surface area contributed by atoms with Gasteiger partial charge in [-0.25, -0.2) is 18.7 Å². The van der Waals surface area contributed by atoms with Gasteiger partial charge in [-0.05, 0) is 29.5 Å². The molecule has 0 radical (unpaired) electrons. The fraction of sp³-hybridized carbons (Fsp3) is 0.510. The number of thiazole rings is 1. The predicted molar refractivity (Wildman–Crippen MR) is 279 cm³/mol. The zero-order valence-corrected chi connectivity index (χ0v) is 44.9. The number of nitrogens with one attached hydrogen (secondary N) is 4. The van der Waals surface area contributed by atoms with Crippen molar-refractivity contribution in [3.63, 3.8) is 0 Å². The number of aliphatic hydroxyl groups is 1. The molecule has 3 atom stereocenters. The van der Waals surface area contributed by atoms with Gasteiger partial charge in [0.25, 0.3) is 0 Å².